The van der Waals surface area contributed by atoms with Crippen molar-refractivity contribution in [3.63, 3.8) is 0 Å². The van der Waals surface area contributed by atoms with Crippen LogP contribution in [-0.4, -0.2) is 36.3 Å². The van der Waals surface area contributed by atoms with Gasteiger partial charge in [-0.3, -0.25) is 0 Å². The standard InChI is InChI=1S/C14H20ClNO2S2/c1-10-4-5-13(9-15)8-14(10)20(17,18)16-6-7-19-12(3)11(16)2/h4-5,8,11-12H,6-7,9H2,1-3H3. The van der Waals surface area contributed by atoms with Crippen LogP contribution in [0.4, 0.5) is 0 Å². The second kappa shape index (κ2) is 6.26. The number of nitrogens with zero attached hydrogens (tertiary/aromatic N) is 1. The normalized spacial score (nSPS) is 24.8. The van der Waals surface area contributed by atoms with E-state index in [0.29, 0.717) is 22.6 Å². The third-order valence-electron chi connectivity index (χ3n) is 3.82. The van der Waals surface area contributed by atoms with E-state index in [1.165, 1.54) is 0 Å². The molecule has 1 saturated heterocycles. The third kappa shape index (κ3) is 3.01. The molecule has 0 radical (unpaired) electrons. The maximum Gasteiger partial charge on any atom is 0.243 e. The number of benzene rings is 1. The minimum atomic E-state index is -3.45. The number of thioether (sulfide) groups is 1. The monoisotopic (exact) mass is 333 g/mol. The van der Waals surface area contributed by atoms with Crippen LogP contribution in [0.1, 0.15) is 25.0 Å². The lowest BCUT2D eigenvalue weighted by molar-refractivity contribution is 0.340. The summed E-state index contributed by atoms with van der Waals surface area (Å²) in [6, 6.07) is 5.42. The van der Waals surface area contributed by atoms with Crippen molar-refractivity contribution < 1.29 is 8.42 Å². The van der Waals surface area contributed by atoms with E-state index in [1.54, 1.807) is 10.4 Å². The molecule has 112 valence electrons. The molecule has 0 aromatic heterocycles. The van der Waals surface area contributed by atoms with Gasteiger partial charge in [0.25, 0.3) is 0 Å². The van der Waals surface area contributed by atoms with Crippen LogP contribution in [0.3, 0.4) is 0 Å². The number of alkyl halides is 1. The minimum absolute atomic E-state index is 0.0119. The summed E-state index contributed by atoms with van der Waals surface area (Å²) in [5, 5.41) is 0.315. The Bertz CT molecular complexity index is 589. The van der Waals surface area contributed by atoms with Crippen molar-refractivity contribution in [1.82, 2.24) is 4.31 Å². The summed E-state index contributed by atoms with van der Waals surface area (Å²) in [4.78, 5) is 0.390. The molecule has 0 bridgehead atoms. The number of halogens is 1. The molecule has 1 aliphatic rings. The van der Waals surface area contributed by atoms with E-state index >= 15 is 0 Å². The number of sulfonamides is 1. The fourth-order valence-electron chi connectivity index (χ4n) is 2.38. The molecule has 1 aromatic rings. The number of hydrogen-bond acceptors (Lipinski definition) is 3. The van der Waals surface area contributed by atoms with Crippen molar-refractivity contribution >= 4 is 33.4 Å². The van der Waals surface area contributed by atoms with Gasteiger partial charge in [0.15, 0.2) is 0 Å². The van der Waals surface area contributed by atoms with Gasteiger partial charge in [-0.2, -0.15) is 16.1 Å². The third-order valence-corrected chi connectivity index (χ3v) is 7.59. The molecule has 6 heteroatoms. The molecular formula is C14H20ClNO2S2. The predicted molar refractivity (Wildman–Crippen MR) is 86.0 cm³/mol. The Morgan fingerprint density at radius 1 is 1.40 bits per heavy atom. The Hall–Kier alpha value is -0.230. The average molecular weight is 334 g/mol. The molecule has 2 atom stereocenters. The molecule has 20 heavy (non-hydrogen) atoms. The molecule has 1 fully saturated rings. The van der Waals surface area contributed by atoms with Gasteiger partial charge in [0.2, 0.25) is 10.0 Å². The second-order valence-corrected chi connectivity index (χ2v) is 8.78. The molecule has 0 aliphatic carbocycles. The molecule has 0 amide bonds. The van der Waals surface area contributed by atoms with Gasteiger partial charge in [-0.15, -0.1) is 11.6 Å². The van der Waals surface area contributed by atoms with E-state index in [2.05, 4.69) is 6.92 Å². The van der Waals surface area contributed by atoms with E-state index in [1.807, 2.05) is 37.7 Å². The van der Waals surface area contributed by atoms with Crippen LogP contribution >= 0.6 is 23.4 Å². The van der Waals surface area contributed by atoms with Crippen molar-refractivity contribution in [2.45, 2.75) is 42.8 Å². The Labute approximate surface area is 130 Å². The molecule has 0 spiro atoms. The molecular weight excluding hydrogens is 314 g/mol. The van der Waals surface area contributed by atoms with E-state index in [0.717, 1.165) is 16.9 Å². The molecule has 1 heterocycles. The van der Waals surface area contributed by atoms with Gasteiger partial charge in [0.1, 0.15) is 0 Å². The average Bonchev–Trinajstić information content (AvgIpc) is 2.42. The van der Waals surface area contributed by atoms with Crippen molar-refractivity contribution in [1.29, 1.82) is 0 Å². The first kappa shape index (κ1) is 16.1. The lowest BCUT2D eigenvalue weighted by atomic mass is 10.2. The van der Waals surface area contributed by atoms with Crippen molar-refractivity contribution in [3.8, 4) is 0 Å². The van der Waals surface area contributed by atoms with E-state index in [9.17, 15) is 8.42 Å². The zero-order valence-corrected chi connectivity index (χ0v) is 14.4. The highest BCUT2D eigenvalue weighted by molar-refractivity contribution is 8.00. The Balaban J connectivity index is 2.44. The summed E-state index contributed by atoms with van der Waals surface area (Å²) in [6.45, 7) is 6.47. The summed E-state index contributed by atoms with van der Waals surface area (Å²) in [5.74, 6) is 1.17. The first-order chi connectivity index (χ1) is 9.37. The first-order valence-electron chi connectivity index (χ1n) is 6.67. The second-order valence-electron chi connectivity index (χ2n) is 5.17. The number of aryl methyl sites for hydroxylation is 1. The van der Waals surface area contributed by atoms with Crippen LogP contribution in [0.5, 0.6) is 0 Å². The summed E-state index contributed by atoms with van der Waals surface area (Å²) in [7, 11) is -3.45. The van der Waals surface area contributed by atoms with E-state index in [-0.39, 0.29) is 6.04 Å². The smallest absolute Gasteiger partial charge is 0.207 e. The molecule has 2 rings (SSSR count). The van der Waals surface area contributed by atoms with Crippen molar-refractivity contribution in [3.05, 3.63) is 29.3 Å². The first-order valence-corrected chi connectivity index (χ1v) is 9.69. The minimum Gasteiger partial charge on any atom is -0.207 e. The van der Waals surface area contributed by atoms with Gasteiger partial charge in [0.05, 0.1) is 4.90 Å². The quantitative estimate of drug-likeness (QED) is 0.797. The van der Waals surface area contributed by atoms with Crippen LogP contribution in [-0.2, 0) is 15.9 Å². The van der Waals surface area contributed by atoms with Crippen molar-refractivity contribution in [2.24, 2.45) is 0 Å². The van der Waals surface area contributed by atoms with Crippen LogP contribution in [0, 0.1) is 6.92 Å². The highest BCUT2D eigenvalue weighted by Crippen LogP contribution is 2.31. The molecule has 0 saturated carbocycles. The maximum atomic E-state index is 12.9. The zero-order valence-electron chi connectivity index (χ0n) is 12.0. The SMILES string of the molecule is Cc1ccc(CCl)cc1S(=O)(=O)N1CCSC(C)C1C. The summed E-state index contributed by atoms with van der Waals surface area (Å²) in [6.07, 6.45) is 0. The molecule has 0 N–H and O–H groups in total. The van der Waals surface area contributed by atoms with Crippen LogP contribution in [0.25, 0.3) is 0 Å². The Morgan fingerprint density at radius 3 is 2.75 bits per heavy atom. The van der Waals surface area contributed by atoms with Crippen LogP contribution in [0.2, 0.25) is 0 Å². The molecule has 1 aliphatic heterocycles. The van der Waals surface area contributed by atoms with Gasteiger partial charge in [0, 0.05) is 29.5 Å². The van der Waals surface area contributed by atoms with Crippen molar-refractivity contribution in [2.75, 3.05) is 12.3 Å². The highest BCUT2D eigenvalue weighted by atomic mass is 35.5. The summed E-state index contributed by atoms with van der Waals surface area (Å²) >= 11 is 7.65. The molecule has 2 unspecified atom stereocenters. The van der Waals surface area contributed by atoms with Gasteiger partial charge in [-0.05, 0) is 31.0 Å². The Morgan fingerprint density at radius 2 is 2.10 bits per heavy atom. The van der Waals surface area contributed by atoms with E-state index < -0.39 is 10.0 Å². The van der Waals surface area contributed by atoms with E-state index in [4.69, 9.17) is 11.6 Å². The largest absolute Gasteiger partial charge is 0.243 e. The van der Waals surface area contributed by atoms with Crippen LogP contribution < -0.4 is 0 Å². The predicted octanol–water partition coefficient (Wildman–Crippen LogP) is 3.25. The van der Waals surface area contributed by atoms with Gasteiger partial charge >= 0.3 is 0 Å². The van der Waals surface area contributed by atoms with Gasteiger partial charge in [-0.25, -0.2) is 8.42 Å². The number of hydrogen-bond donors (Lipinski definition) is 0. The zero-order chi connectivity index (χ0) is 14.9. The summed E-state index contributed by atoms with van der Waals surface area (Å²) < 4.78 is 27.4. The maximum absolute atomic E-state index is 12.9. The lowest BCUT2D eigenvalue weighted by Crippen LogP contribution is -2.47. The fourth-order valence-corrected chi connectivity index (χ4v) is 5.81. The van der Waals surface area contributed by atoms with Gasteiger partial charge < -0.3 is 0 Å². The molecule has 3 nitrogen and oxygen atoms in total. The topological polar surface area (TPSA) is 37.4 Å². The lowest BCUT2D eigenvalue weighted by Gasteiger charge is -2.36. The highest BCUT2D eigenvalue weighted by Gasteiger charge is 2.35. The number of rotatable bonds is 3. The van der Waals surface area contributed by atoms with Gasteiger partial charge in [-0.1, -0.05) is 19.1 Å². The fraction of sp³-hybridized carbons (Fsp3) is 0.571. The molecule has 1 aromatic carbocycles. The van der Waals surface area contributed by atoms with Crippen LogP contribution in [0.15, 0.2) is 23.1 Å². The summed E-state index contributed by atoms with van der Waals surface area (Å²) in [5.41, 5.74) is 1.61. The Kier molecular flexibility index (Phi) is 5.05.